The predicted octanol–water partition coefficient (Wildman–Crippen LogP) is 1.34. The molecule has 0 aliphatic carbocycles. The number of carbonyl (C=O) groups excluding carboxylic acids is 2. The predicted molar refractivity (Wildman–Crippen MR) is 67.8 cm³/mol. The highest BCUT2D eigenvalue weighted by atomic mass is 16.4. The number of para-hydroxylation sites is 1. The van der Waals surface area contributed by atoms with Gasteiger partial charge in [0.25, 0.3) is 0 Å². The van der Waals surface area contributed by atoms with Crippen LogP contribution in [0.5, 0.6) is 0 Å². The summed E-state index contributed by atoms with van der Waals surface area (Å²) in [6, 6.07) is 7.20. The monoisotopic (exact) mass is 262 g/mol. The lowest BCUT2D eigenvalue weighted by atomic mass is 10.0. The average molecular weight is 262 g/mol. The molecule has 1 aliphatic rings. The summed E-state index contributed by atoms with van der Waals surface area (Å²) in [4.78, 5) is 35.6. The molecule has 2 rings (SSSR count). The minimum Gasteiger partial charge on any atom is -0.480 e. The number of urea groups is 1. The van der Waals surface area contributed by atoms with Crippen molar-refractivity contribution in [2.24, 2.45) is 0 Å². The van der Waals surface area contributed by atoms with Gasteiger partial charge in [-0.1, -0.05) is 18.2 Å². The van der Waals surface area contributed by atoms with Gasteiger partial charge in [0.15, 0.2) is 5.78 Å². The Kier molecular flexibility index (Phi) is 3.79. The highest BCUT2D eigenvalue weighted by Crippen LogP contribution is 2.17. The molecular formula is C13H14N2O4. The number of amides is 2. The molecule has 1 unspecified atom stereocenters. The maximum atomic E-state index is 12.0. The Morgan fingerprint density at radius 1 is 1.26 bits per heavy atom. The SMILES string of the molecule is O=C1CCC(C(=O)O)N(C(=O)Nc2ccccc2)C1. The summed E-state index contributed by atoms with van der Waals surface area (Å²) in [5, 5.41) is 11.7. The molecule has 2 amide bonds. The molecule has 1 aromatic carbocycles. The smallest absolute Gasteiger partial charge is 0.326 e. The molecule has 1 saturated heterocycles. The van der Waals surface area contributed by atoms with Gasteiger partial charge in [-0.2, -0.15) is 0 Å². The van der Waals surface area contributed by atoms with Crippen molar-refractivity contribution in [1.82, 2.24) is 4.90 Å². The van der Waals surface area contributed by atoms with E-state index < -0.39 is 18.0 Å². The summed E-state index contributed by atoms with van der Waals surface area (Å²) in [5.74, 6) is -1.21. The number of aliphatic carboxylic acids is 1. The van der Waals surface area contributed by atoms with E-state index in [-0.39, 0.29) is 25.2 Å². The second-order valence-electron chi connectivity index (χ2n) is 4.36. The summed E-state index contributed by atoms with van der Waals surface area (Å²) in [6.45, 7) is -0.157. The van der Waals surface area contributed by atoms with Gasteiger partial charge in [0, 0.05) is 12.1 Å². The lowest BCUT2D eigenvalue weighted by molar-refractivity contribution is -0.144. The Bertz CT molecular complexity index is 501. The van der Waals surface area contributed by atoms with E-state index in [0.717, 1.165) is 4.90 Å². The van der Waals surface area contributed by atoms with Gasteiger partial charge in [-0.3, -0.25) is 4.79 Å². The fourth-order valence-corrected chi connectivity index (χ4v) is 2.02. The molecule has 1 aromatic rings. The summed E-state index contributed by atoms with van der Waals surface area (Å²) < 4.78 is 0. The van der Waals surface area contributed by atoms with Gasteiger partial charge < -0.3 is 15.3 Å². The number of Topliss-reactive ketones (excluding diaryl/α,β-unsaturated/α-hetero) is 1. The summed E-state index contributed by atoms with van der Waals surface area (Å²) in [5.41, 5.74) is 0.565. The molecule has 0 bridgehead atoms. The number of piperidine rings is 1. The normalized spacial score (nSPS) is 19.1. The minimum absolute atomic E-state index is 0.124. The fourth-order valence-electron chi connectivity index (χ4n) is 2.02. The first-order valence-corrected chi connectivity index (χ1v) is 5.95. The maximum Gasteiger partial charge on any atom is 0.326 e. The van der Waals surface area contributed by atoms with Crippen LogP contribution in [-0.2, 0) is 9.59 Å². The van der Waals surface area contributed by atoms with Crippen LogP contribution < -0.4 is 5.32 Å². The Morgan fingerprint density at radius 3 is 2.58 bits per heavy atom. The van der Waals surface area contributed by atoms with E-state index in [1.165, 1.54) is 0 Å². The number of likely N-dealkylation sites (tertiary alicyclic amines) is 1. The number of nitrogens with zero attached hydrogens (tertiary/aromatic N) is 1. The molecule has 0 spiro atoms. The van der Waals surface area contributed by atoms with Crippen LogP contribution >= 0.6 is 0 Å². The third kappa shape index (κ3) is 3.09. The number of hydrogen-bond donors (Lipinski definition) is 2. The largest absolute Gasteiger partial charge is 0.480 e. The van der Waals surface area contributed by atoms with Gasteiger partial charge in [0.2, 0.25) is 0 Å². The molecule has 6 nitrogen and oxygen atoms in total. The number of hydrogen-bond acceptors (Lipinski definition) is 3. The number of ketones is 1. The second kappa shape index (κ2) is 5.51. The zero-order valence-corrected chi connectivity index (χ0v) is 10.2. The highest BCUT2D eigenvalue weighted by Gasteiger charge is 2.35. The Hall–Kier alpha value is -2.37. The van der Waals surface area contributed by atoms with Crippen LogP contribution in [0.3, 0.4) is 0 Å². The van der Waals surface area contributed by atoms with E-state index in [1.54, 1.807) is 30.3 Å². The first kappa shape index (κ1) is 13.1. The average Bonchev–Trinajstić information content (AvgIpc) is 2.39. The van der Waals surface area contributed by atoms with Crippen molar-refractivity contribution in [1.29, 1.82) is 0 Å². The number of benzene rings is 1. The Morgan fingerprint density at radius 2 is 1.95 bits per heavy atom. The van der Waals surface area contributed by atoms with Crippen molar-refractivity contribution < 1.29 is 19.5 Å². The Balaban J connectivity index is 2.11. The van der Waals surface area contributed by atoms with Gasteiger partial charge >= 0.3 is 12.0 Å². The summed E-state index contributed by atoms with van der Waals surface area (Å²) in [6.07, 6.45) is 0.364. The molecule has 1 heterocycles. The first-order chi connectivity index (χ1) is 9.08. The lowest BCUT2D eigenvalue weighted by Crippen LogP contribution is -2.52. The number of carboxylic acids is 1. The molecule has 100 valence electrons. The summed E-state index contributed by atoms with van der Waals surface area (Å²) in [7, 11) is 0. The molecule has 2 N–H and O–H groups in total. The van der Waals surface area contributed by atoms with E-state index in [1.807, 2.05) is 0 Å². The van der Waals surface area contributed by atoms with Crippen molar-refractivity contribution in [3.63, 3.8) is 0 Å². The van der Waals surface area contributed by atoms with E-state index >= 15 is 0 Å². The van der Waals surface area contributed by atoms with Gasteiger partial charge in [-0.25, -0.2) is 9.59 Å². The van der Waals surface area contributed by atoms with Crippen LogP contribution in [0.15, 0.2) is 30.3 Å². The van der Waals surface area contributed by atoms with Crippen molar-refractivity contribution in [2.45, 2.75) is 18.9 Å². The zero-order valence-electron chi connectivity index (χ0n) is 10.2. The fraction of sp³-hybridized carbons (Fsp3) is 0.308. The Labute approximate surface area is 110 Å². The van der Waals surface area contributed by atoms with Crippen LogP contribution in [0.1, 0.15) is 12.8 Å². The molecule has 1 aliphatic heterocycles. The van der Waals surface area contributed by atoms with Gasteiger partial charge in [-0.15, -0.1) is 0 Å². The minimum atomic E-state index is -1.09. The summed E-state index contributed by atoms with van der Waals surface area (Å²) >= 11 is 0. The van der Waals surface area contributed by atoms with E-state index in [4.69, 9.17) is 5.11 Å². The second-order valence-corrected chi connectivity index (χ2v) is 4.36. The quantitative estimate of drug-likeness (QED) is 0.842. The molecule has 0 aromatic heterocycles. The zero-order chi connectivity index (χ0) is 13.8. The van der Waals surface area contributed by atoms with Crippen LogP contribution in [0.4, 0.5) is 10.5 Å². The number of anilines is 1. The van der Waals surface area contributed by atoms with Crippen LogP contribution in [0, 0.1) is 0 Å². The molecule has 19 heavy (non-hydrogen) atoms. The van der Waals surface area contributed by atoms with Crippen LogP contribution in [-0.4, -0.2) is 40.4 Å². The van der Waals surface area contributed by atoms with Crippen LogP contribution in [0.2, 0.25) is 0 Å². The number of rotatable bonds is 2. The van der Waals surface area contributed by atoms with Crippen molar-refractivity contribution >= 4 is 23.5 Å². The molecule has 1 fully saturated rings. The lowest BCUT2D eigenvalue weighted by Gasteiger charge is -2.32. The molecular weight excluding hydrogens is 248 g/mol. The van der Waals surface area contributed by atoms with Gasteiger partial charge in [-0.05, 0) is 18.6 Å². The van der Waals surface area contributed by atoms with Gasteiger partial charge in [0.05, 0.1) is 6.54 Å². The third-order valence-corrected chi connectivity index (χ3v) is 2.99. The molecule has 1 atom stereocenters. The highest BCUT2D eigenvalue weighted by molar-refractivity contribution is 5.96. The van der Waals surface area contributed by atoms with Crippen molar-refractivity contribution in [3.05, 3.63) is 30.3 Å². The number of nitrogens with one attached hydrogen (secondary N) is 1. The van der Waals surface area contributed by atoms with E-state index in [0.29, 0.717) is 5.69 Å². The van der Waals surface area contributed by atoms with Gasteiger partial charge in [0.1, 0.15) is 6.04 Å². The number of carbonyl (C=O) groups is 3. The molecule has 6 heteroatoms. The topological polar surface area (TPSA) is 86.7 Å². The third-order valence-electron chi connectivity index (χ3n) is 2.99. The number of carboxylic acid groups (broad SMARTS) is 1. The first-order valence-electron chi connectivity index (χ1n) is 5.95. The molecule has 0 radical (unpaired) electrons. The maximum absolute atomic E-state index is 12.0. The van der Waals surface area contributed by atoms with Crippen molar-refractivity contribution in [2.75, 3.05) is 11.9 Å². The van der Waals surface area contributed by atoms with Crippen molar-refractivity contribution in [3.8, 4) is 0 Å². The van der Waals surface area contributed by atoms with E-state index in [9.17, 15) is 14.4 Å². The standard InChI is InChI=1S/C13H14N2O4/c16-10-6-7-11(12(17)18)15(8-10)13(19)14-9-4-2-1-3-5-9/h1-5,11H,6-8H2,(H,14,19)(H,17,18). The van der Waals surface area contributed by atoms with Crippen LogP contribution in [0.25, 0.3) is 0 Å². The van der Waals surface area contributed by atoms with E-state index in [2.05, 4.69) is 5.32 Å². The molecule has 0 saturated carbocycles.